The molecule has 0 atom stereocenters. The van der Waals surface area contributed by atoms with Crippen LogP contribution < -0.4 is 0 Å². The zero-order valence-electron chi connectivity index (χ0n) is 9.17. The predicted octanol–water partition coefficient (Wildman–Crippen LogP) is 2.22. The maximum atomic E-state index is 11.1. The molecule has 0 bridgehead atoms. The van der Waals surface area contributed by atoms with Crippen molar-refractivity contribution in [3.8, 4) is 0 Å². The Morgan fingerprint density at radius 1 is 1.12 bits per heavy atom. The molecule has 3 amide bonds. The zero-order valence-corrected chi connectivity index (χ0v) is 9.17. The summed E-state index contributed by atoms with van der Waals surface area (Å²) in [5.41, 5.74) is 0. The fourth-order valence-corrected chi connectivity index (χ4v) is 1.02. The van der Waals surface area contributed by atoms with Gasteiger partial charge in [-0.2, -0.15) is 0 Å². The minimum absolute atomic E-state index is 0.0168. The zero-order chi connectivity index (χ0) is 12.7. The molecule has 0 aromatic rings. The van der Waals surface area contributed by atoms with Crippen molar-refractivity contribution < 1.29 is 29.3 Å². The fraction of sp³-hybridized carbons (Fsp3) is 0.667. The molecule has 0 radical (unpaired) electrons. The molecular formula is C9H15NO6. The lowest BCUT2D eigenvalue weighted by atomic mass is 10.1. The Morgan fingerprint density at radius 3 is 1.88 bits per heavy atom. The quantitative estimate of drug-likeness (QED) is 0.771. The summed E-state index contributed by atoms with van der Waals surface area (Å²) in [6.07, 6.45) is -3.59. The van der Waals surface area contributed by atoms with Crippen molar-refractivity contribution in [2.24, 2.45) is 5.92 Å². The number of carbonyl (C=O) groups is 3. The van der Waals surface area contributed by atoms with E-state index in [0.717, 1.165) is 12.8 Å². The topological polar surface area (TPSA) is 104 Å². The molecule has 0 aromatic carbocycles. The number of carbonyl (C=O) groups excluding carboxylic acids is 1. The predicted molar refractivity (Wildman–Crippen MR) is 53.3 cm³/mol. The molecule has 0 aliphatic rings. The molecule has 0 spiro atoms. The maximum absolute atomic E-state index is 11.1. The monoisotopic (exact) mass is 233 g/mol. The van der Waals surface area contributed by atoms with Crippen molar-refractivity contribution >= 4 is 18.3 Å². The molecule has 7 heteroatoms. The van der Waals surface area contributed by atoms with Crippen LogP contribution >= 0.6 is 0 Å². The number of imide groups is 3. The van der Waals surface area contributed by atoms with E-state index in [0.29, 0.717) is 0 Å². The van der Waals surface area contributed by atoms with Crippen LogP contribution in [0.15, 0.2) is 0 Å². The third-order valence-corrected chi connectivity index (χ3v) is 2.16. The number of ether oxygens (including phenoxy) is 1. The van der Waals surface area contributed by atoms with Gasteiger partial charge in [0.05, 0.1) is 6.61 Å². The van der Waals surface area contributed by atoms with Gasteiger partial charge in [-0.3, -0.25) is 0 Å². The summed E-state index contributed by atoms with van der Waals surface area (Å²) in [7, 11) is 0. The van der Waals surface area contributed by atoms with Crippen molar-refractivity contribution in [2.45, 2.75) is 26.7 Å². The van der Waals surface area contributed by atoms with Crippen LogP contribution in [-0.4, -0.2) is 40.0 Å². The van der Waals surface area contributed by atoms with Crippen molar-refractivity contribution in [3.63, 3.8) is 0 Å². The standard InChI is InChI=1S/C9H15NO6/c1-3-6(4-2)5-16-9(15)10(7(11)12)8(13)14/h6H,3-5H2,1-2H3,(H,11,12)(H,13,14). The summed E-state index contributed by atoms with van der Waals surface area (Å²) in [6.45, 7) is 3.81. The molecule has 0 fully saturated rings. The SMILES string of the molecule is CCC(CC)COC(=O)N(C(=O)O)C(=O)O. The largest absolute Gasteiger partial charge is 0.464 e. The Morgan fingerprint density at radius 2 is 1.56 bits per heavy atom. The summed E-state index contributed by atoms with van der Waals surface area (Å²) < 4.78 is 4.60. The Labute approximate surface area is 92.6 Å². The molecule has 0 saturated heterocycles. The first-order chi connectivity index (χ1) is 7.43. The smallest absolute Gasteiger partial charge is 0.429 e. The van der Waals surface area contributed by atoms with Crippen LogP contribution in [0.1, 0.15) is 26.7 Å². The van der Waals surface area contributed by atoms with Gasteiger partial charge in [-0.15, -0.1) is 4.90 Å². The minimum atomic E-state index is -1.87. The van der Waals surface area contributed by atoms with Crippen LogP contribution in [0, 0.1) is 5.92 Å². The van der Waals surface area contributed by atoms with E-state index in [2.05, 4.69) is 4.74 Å². The molecule has 0 aliphatic carbocycles. The van der Waals surface area contributed by atoms with Gasteiger partial charge in [0.1, 0.15) is 0 Å². The van der Waals surface area contributed by atoms with Gasteiger partial charge >= 0.3 is 18.3 Å². The van der Waals surface area contributed by atoms with Crippen LogP contribution in [0.4, 0.5) is 14.4 Å². The lowest BCUT2D eigenvalue weighted by Crippen LogP contribution is -2.40. The van der Waals surface area contributed by atoms with Gasteiger partial charge in [-0.25, -0.2) is 14.4 Å². The number of nitrogens with zero attached hydrogens (tertiary/aromatic N) is 1. The highest BCUT2D eigenvalue weighted by Gasteiger charge is 2.29. The molecule has 2 N–H and O–H groups in total. The van der Waals surface area contributed by atoms with E-state index >= 15 is 0 Å². The van der Waals surface area contributed by atoms with Gasteiger partial charge < -0.3 is 14.9 Å². The van der Waals surface area contributed by atoms with E-state index in [9.17, 15) is 14.4 Å². The third kappa shape index (κ3) is 4.16. The second kappa shape index (κ2) is 6.65. The Balaban J connectivity index is 4.32. The van der Waals surface area contributed by atoms with Crippen molar-refractivity contribution in [1.82, 2.24) is 4.90 Å². The summed E-state index contributed by atoms with van der Waals surface area (Å²) >= 11 is 0. The lowest BCUT2D eigenvalue weighted by molar-refractivity contribution is 0.0788. The van der Waals surface area contributed by atoms with Crippen molar-refractivity contribution in [3.05, 3.63) is 0 Å². The van der Waals surface area contributed by atoms with E-state index in [4.69, 9.17) is 10.2 Å². The van der Waals surface area contributed by atoms with E-state index in [1.807, 2.05) is 13.8 Å². The molecular weight excluding hydrogens is 218 g/mol. The summed E-state index contributed by atoms with van der Waals surface area (Å²) in [4.78, 5) is 31.5. The first-order valence-corrected chi connectivity index (χ1v) is 4.86. The first-order valence-electron chi connectivity index (χ1n) is 4.86. The average molecular weight is 233 g/mol. The van der Waals surface area contributed by atoms with Crippen molar-refractivity contribution in [2.75, 3.05) is 6.61 Å². The van der Waals surface area contributed by atoms with E-state index < -0.39 is 18.3 Å². The van der Waals surface area contributed by atoms with Gasteiger partial charge in [-0.1, -0.05) is 26.7 Å². The van der Waals surface area contributed by atoms with Gasteiger partial charge in [0.2, 0.25) is 0 Å². The Hall–Kier alpha value is -1.79. The Kier molecular flexibility index (Phi) is 5.91. The molecule has 0 unspecified atom stereocenters. The molecule has 0 heterocycles. The number of rotatable bonds is 4. The second-order valence-electron chi connectivity index (χ2n) is 3.16. The third-order valence-electron chi connectivity index (χ3n) is 2.16. The highest BCUT2D eigenvalue weighted by molar-refractivity contribution is 6.02. The number of amides is 3. The molecule has 16 heavy (non-hydrogen) atoms. The summed E-state index contributed by atoms with van der Waals surface area (Å²) in [5.74, 6) is 0.105. The number of hydrogen-bond acceptors (Lipinski definition) is 4. The van der Waals surface area contributed by atoms with Crippen LogP contribution in [0.5, 0.6) is 0 Å². The van der Waals surface area contributed by atoms with Crippen LogP contribution in [-0.2, 0) is 4.74 Å². The lowest BCUT2D eigenvalue weighted by Gasteiger charge is -2.15. The highest BCUT2D eigenvalue weighted by atomic mass is 16.6. The first kappa shape index (κ1) is 14.2. The van der Waals surface area contributed by atoms with Gasteiger partial charge in [0.25, 0.3) is 0 Å². The average Bonchev–Trinajstić information content (AvgIpc) is 2.18. The second-order valence-corrected chi connectivity index (χ2v) is 3.16. The number of carboxylic acid groups (broad SMARTS) is 2. The van der Waals surface area contributed by atoms with Crippen LogP contribution in [0.2, 0.25) is 0 Å². The van der Waals surface area contributed by atoms with Crippen LogP contribution in [0.25, 0.3) is 0 Å². The minimum Gasteiger partial charge on any atom is -0.464 e. The van der Waals surface area contributed by atoms with Gasteiger partial charge in [0, 0.05) is 0 Å². The normalized spacial score (nSPS) is 9.94. The van der Waals surface area contributed by atoms with E-state index in [-0.39, 0.29) is 17.4 Å². The van der Waals surface area contributed by atoms with Gasteiger partial charge in [0.15, 0.2) is 0 Å². The molecule has 0 aliphatic heterocycles. The molecule has 0 saturated carbocycles. The molecule has 0 aromatic heterocycles. The highest BCUT2D eigenvalue weighted by Crippen LogP contribution is 2.08. The maximum Gasteiger partial charge on any atom is 0.429 e. The van der Waals surface area contributed by atoms with Crippen LogP contribution in [0.3, 0.4) is 0 Å². The number of hydrogen-bond donors (Lipinski definition) is 2. The van der Waals surface area contributed by atoms with E-state index in [1.165, 1.54) is 0 Å². The van der Waals surface area contributed by atoms with E-state index in [1.54, 1.807) is 0 Å². The fourth-order valence-electron chi connectivity index (χ4n) is 1.02. The molecule has 92 valence electrons. The molecule has 0 rings (SSSR count). The Bertz CT molecular complexity index is 259. The summed E-state index contributed by atoms with van der Waals surface area (Å²) in [5, 5.41) is 16.9. The van der Waals surface area contributed by atoms with Crippen molar-refractivity contribution in [1.29, 1.82) is 0 Å². The molecule has 7 nitrogen and oxygen atoms in total. The summed E-state index contributed by atoms with van der Waals surface area (Å²) in [6, 6.07) is 0. The van der Waals surface area contributed by atoms with Gasteiger partial charge in [-0.05, 0) is 5.92 Å².